The SMILES string of the molecule is CCCCCCCCCCCCCCCC(=O)C[C@H](Cc1c[nH]c2ccc(F)cc12)C(=O)N[C@@H](CCCN=C(N)N)C(=O)C[C@@H](CC(C)C)C(C)=O. The lowest BCUT2D eigenvalue weighted by molar-refractivity contribution is -0.133. The van der Waals surface area contributed by atoms with Crippen molar-refractivity contribution in [3.63, 3.8) is 0 Å². The maximum Gasteiger partial charge on any atom is 0.224 e. The van der Waals surface area contributed by atoms with E-state index < -0.39 is 23.8 Å². The number of H-pyrrole nitrogens is 1. The highest BCUT2D eigenvalue weighted by Crippen LogP contribution is 2.25. The quantitative estimate of drug-likeness (QED) is 0.0358. The number of fused-ring (bicyclic) bond motifs is 1. The van der Waals surface area contributed by atoms with E-state index in [1.807, 2.05) is 13.8 Å². The molecule has 0 spiro atoms. The summed E-state index contributed by atoms with van der Waals surface area (Å²) >= 11 is 0. The Hall–Kier alpha value is -3.56. The zero-order valence-electron chi connectivity index (χ0n) is 32.6. The predicted molar refractivity (Wildman–Crippen MR) is 210 cm³/mol. The van der Waals surface area contributed by atoms with E-state index in [0.29, 0.717) is 24.6 Å². The lowest BCUT2D eigenvalue weighted by atomic mass is 9.86. The van der Waals surface area contributed by atoms with Gasteiger partial charge in [-0.25, -0.2) is 4.39 Å². The third kappa shape index (κ3) is 18.3. The van der Waals surface area contributed by atoms with Crippen molar-refractivity contribution in [2.45, 2.75) is 162 Å². The van der Waals surface area contributed by atoms with Crippen molar-refractivity contribution in [3.8, 4) is 0 Å². The largest absolute Gasteiger partial charge is 0.370 e. The molecule has 2 aromatic rings. The lowest BCUT2D eigenvalue weighted by Crippen LogP contribution is -2.45. The molecule has 0 fully saturated rings. The molecule has 292 valence electrons. The Balaban J connectivity index is 2.07. The summed E-state index contributed by atoms with van der Waals surface area (Å²) in [6, 6.07) is 3.59. The molecule has 1 heterocycles. The molecule has 10 heteroatoms. The molecule has 9 nitrogen and oxygen atoms in total. The molecule has 0 aliphatic rings. The molecule has 1 aromatic heterocycles. The number of aromatic amines is 1. The minimum absolute atomic E-state index is 0.00143. The van der Waals surface area contributed by atoms with Gasteiger partial charge in [0.25, 0.3) is 0 Å². The molecular formula is C42H68FN5O4. The van der Waals surface area contributed by atoms with Gasteiger partial charge in [-0.2, -0.15) is 0 Å². The zero-order chi connectivity index (χ0) is 38.3. The summed E-state index contributed by atoms with van der Waals surface area (Å²) in [7, 11) is 0. The lowest BCUT2D eigenvalue weighted by Gasteiger charge is -2.24. The van der Waals surface area contributed by atoms with Gasteiger partial charge >= 0.3 is 0 Å². The number of unbranched alkanes of at least 4 members (excludes halogenated alkanes) is 12. The third-order valence-electron chi connectivity index (χ3n) is 10.0. The fraction of sp³-hybridized carbons (Fsp3) is 0.690. The van der Waals surface area contributed by atoms with Crippen LogP contribution in [0.15, 0.2) is 29.4 Å². The summed E-state index contributed by atoms with van der Waals surface area (Å²) < 4.78 is 14.2. The predicted octanol–water partition coefficient (Wildman–Crippen LogP) is 8.66. The van der Waals surface area contributed by atoms with Gasteiger partial charge in [0, 0.05) is 54.7 Å². The van der Waals surface area contributed by atoms with Gasteiger partial charge in [0.05, 0.1) is 6.04 Å². The average Bonchev–Trinajstić information content (AvgIpc) is 3.48. The van der Waals surface area contributed by atoms with E-state index in [9.17, 15) is 23.6 Å². The number of hydrogen-bond acceptors (Lipinski definition) is 5. The van der Waals surface area contributed by atoms with Gasteiger partial charge < -0.3 is 21.8 Å². The molecular weight excluding hydrogens is 657 g/mol. The molecule has 0 saturated heterocycles. The monoisotopic (exact) mass is 726 g/mol. The van der Waals surface area contributed by atoms with E-state index >= 15 is 0 Å². The van der Waals surface area contributed by atoms with Gasteiger partial charge in [-0.3, -0.25) is 24.2 Å². The number of aromatic nitrogens is 1. The number of amides is 1. The van der Waals surface area contributed by atoms with Crippen LogP contribution < -0.4 is 16.8 Å². The van der Waals surface area contributed by atoms with Crippen LogP contribution in [0, 0.1) is 23.6 Å². The summed E-state index contributed by atoms with van der Waals surface area (Å²) in [6.45, 7) is 8.03. The van der Waals surface area contributed by atoms with Gasteiger partial charge in [0.2, 0.25) is 5.91 Å². The minimum Gasteiger partial charge on any atom is -0.370 e. The van der Waals surface area contributed by atoms with Gasteiger partial charge in [0.1, 0.15) is 17.4 Å². The molecule has 1 amide bonds. The maximum atomic E-state index is 14.2. The highest BCUT2D eigenvalue weighted by Gasteiger charge is 2.30. The van der Waals surface area contributed by atoms with Crippen molar-refractivity contribution in [2.24, 2.45) is 34.2 Å². The molecule has 0 saturated carbocycles. The van der Waals surface area contributed by atoms with Gasteiger partial charge in [-0.1, -0.05) is 97.8 Å². The number of nitrogens with one attached hydrogen (secondary N) is 2. The Bertz CT molecular complexity index is 1400. The average molecular weight is 726 g/mol. The van der Waals surface area contributed by atoms with E-state index in [2.05, 4.69) is 22.2 Å². The first-order valence-electron chi connectivity index (χ1n) is 20.1. The van der Waals surface area contributed by atoms with Gasteiger partial charge in [-0.05, 0) is 68.7 Å². The Labute approximate surface area is 312 Å². The zero-order valence-corrected chi connectivity index (χ0v) is 32.6. The number of ketones is 3. The number of aliphatic imine (C=N–C) groups is 1. The number of carbonyl (C=O) groups excluding carboxylic acids is 4. The molecule has 6 N–H and O–H groups in total. The maximum absolute atomic E-state index is 14.2. The van der Waals surface area contributed by atoms with Crippen LogP contribution in [0.1, 0.15) is 155 Å². The summed E-state index contributed by atoms with van der Waals surface area (Å²) in [5, 5.41) is 3.61. The second-order valence-corrected chi connectivity index (χ2v) is 15.3. The van der Waals surface area contributed by atoms with E-state index in [0.717, 1.165) is 30.3 Å². The smallest absolute Gasteiger partial charge is 0.224 e. The van der Waals surface area contributed by atoms with Crippen LogP contribution in [0.4, 0.5) is 4.39 Å². The van der Waals surface area contributed by atoms with Crippen molar-refractivity contribution in [1.29, 1.82) is 0 Å². The molecule has 0 aliphatic carbocycles. The Morgan fingerprint density at radius 2 is 1.46 bits per heavy atom. The summed E-state index contributed by atoms with van der Waals surface area (Å²) in [5.74, 6) is -2.12. The van der Waals surface area contributed by atoms with Crippen molar-refractivity contribution in [3.05, 3.63) is 35.8 Å². The first kappa shape index (κ1) is 44.6. The van der Waals surface area contributed by atoms with Crippen LogP contribution in [0.2, 0.25) is 0 Å². The van der Waals surface area contributed by atoms with Gasteiger partial charge in [0.15, 0.2) is 11.7 Å². The number of Topliss-reactive ketones (excluding diaryl/α,β-unsaturated/α-hetero) is 3. The van der Waals surface area contributed by atoms with E-state index in [1.54, 1.807) is 12.3 Å². The topological polar surface area (TPSA) is 160 Å². The molecule has 2 rings (SSSR count). The number of nitrogens with zero attached hydrogens (tertiary/aromatic N) is 1. The van der Waals surface area contributed by atoms with Crippen molar-refractivity contribution in [2.75, 3.05) is 6.54 Å². The highest BCUT2D eigenvalue weighted by molar-refractivity contribution is 5.94. The number of halogens is 1. The number of guanidine groups is 1. The van der Waals surface area contributed by atoms with Crippen LogP contribution in [0.3, 0.4) is 0 Å². The van der Waals surface area contributed by atoms with E-state index in [4.69, 9.17) is 11.5 Å². The molecule has 0 unspecified atom stereocenters. The van der Waals surface area contributed by atoms with Crippen molar-refractivity contribution < 1.29 is 23.6 Å². The summed E-state index contributed by atoms with van der Waals surface area (Å²) in [5.41, 5.74) is 12.4. The molecule has 0 aliphatic heterocycles. The normalized spacial score (nSPS) is 13.2. The van der Waals surface area contributed by atoms with Crippen molar-refractivity contribution in [1.82, 2.24) is 10.3 Å². The van der Waals surface area contributed by atoms with Crippen LogP contribution in [0.25, 0.3) is 10.9 Å². The second kappa shape index (κ2) is 25.4. The van der Waals surface area contributed by atoms with Crippen molar-refractivity contribution >= 4 is 40.1 Å². The molecule has 52 heavy (non-hydrogen) atoms. The van der Waals surface area contributed by atoms with Crippen LogP contribution >= 0.6 is 0 Å². The fourth-order valence-electron chi connectivity index (χ4n) is 7.01. The number of benzene rings is 1. The number of carbonyl (C=O) groups is 4. The Morgan fingerprint density at radius 3 is 2.04 bits per heavy atom. The van der Waals surface area contributed by atoms with Crippen LogP contribution in [-0.2, 0) is 25.6 Å². The standard InChI is InChI=1S/C42H68FN5O4/c1-5-6-7-8-9-10-11-12-13-14-15-16-17-19-36(50)26-33(25-34-29-47-38-22-21-35(43)28-37(34)38)41(52)48-39(20-18-23-46-42(44)45)40(51)27-32(31(4)49)24-30(2)3/h21-22,28-30,32-33,39,47H,5-20,23-27H2,1-4H3,(H,48,52)(H4,44,45,46)/t32-,33+,39+/m1/s1. The first-order chi connectivity index (χ1) is 24.9. The summed E-state index contributed by atoms with van der Waals surface area (Å²) in [4.78, 5) is 60.6. The number of rotatable bonds is 30. The fourth-order valence-corrected chi connectivity index (χ4v) is 7.01. The number of nitrogens with two attached hydrogens (primary N) is 2. The molecule has 0 bridgehead atoms. The third-order valence-corrected chi connectivity index (χ3v) is 10.0. The first-order valence-corrected chi connectivity index (χ1v) is 20.1. The number of hydrogen-bond donors (Lipinski definition) is 4. The van der Waals surface area contributed by atoms with E-state index in [1.165, 1.54) is 83.3 Å². The summed E-state index contributed by atoms with van der Waals surface area (Å²) in [6.07, 6.45) is 19.5. The Morgan fingerprint density at radius 1 is 0.846 bits per heavy atom. The molecule has 0 radical (unpaired) electrons. The molecule has 3 atom stereocenters. The van der Waals surface area contributed by atoms with Crippen LogP contribution in [0.5, 0.6) is 0 Å². The van der Waals surface area contributed by atoms with E-state index in [-0.39, 0.29) is 67.3 Å². The van der Waals surface area contributed by atoms with Gasteiger partial charge in [-0.15, -0.1) is 0 Å². The highest BCUT2D eigenvalue weighted by atomic mass is 19.1. The van der Waals surface area contributed by atoms with Crippen LogP contribution in [-0.4, -0.2) is 46.8 Å². The Kier molecular flexibility index (Phi) is 21.8. The minimum atomic E-state index is -0.866. The second-order valence-electron chi connectivity index (χ2n) is 15.3. The molecule has 1 aromatic carbocycles.